The van der Waals surface area contributed by atoms with Crippen molar-refractivity contribution in [3.05, 3.63) is 47.8 Å². The van der Waals surface area contributed by atoms with Gasteiger partial charge in [-0.2, -0.15) is 5.10 Å². The number of hydrogen-bond donors (Lipinski definition) is 1. The van der Waals surface area contributed by atoms with Gasteiger partial charge in [0.25, 0.3) is 0 Å². The van der Waals surface area contributed by atoms with Gasteiger partial charge in [-0.3, -0.25) is 9.48 Å². The predicted molar refractivity (Wildman–Crippen MR) is 78.3 cm³/mol. The zero-order chi connectivity index (χ0) is 15.5. The smallest absolute Gasteiger partial charge is 0.240 e. The van der Waals surface area contributed by atoms with Gasteiger partial charge in [0.1, 0.15) is 0 Å². The molecule has 0 aliphatic heterocycles. The van der Waals surface area contributed by atoms with Crippen molar-refractivity contribution in [1.29, 1.82) is 0 Å². The van der Waals surface area contributed by atoms with Gasteiger partial charge >= 0.3 is 0 Å². The molecule has 1 aromatic carbocycles. The van der Waals surface area contributed by atoms with Gasteiger partial charge in [-0.05, 0) is 18.2 Å². The zero-order valence-corrected chi connectivity index (χ0v) is 12.7. The van der Waals surface area contributed by atoms with Crippen molar-refractivity contribution in [3.8, 4) is 0 Å². The second-order valence-corrected chi connectivity index (χ2v) is 6.34. The van der Waals surface area contributed by atoms with Crippen molar-refractivity contribution in [2.24, 2.45) is 7.05 Å². The summed E-state index contributed by atoms with van der Waals surface area (Å²) in [5.74, 6) is -0.0846. The Balaban J connectivity index is 2.19. The molecule has 0 aliphatic rings. The minimum Gasteiger partial charge on any atom is -0.294 e. The lowest BCUT2D eigenvalue weighted by atomic mass is 10.1. The fraction of sp³-hybridized carbons (Fsp3) is 0.286. The maximum atomic E-state index is 12.2. The van der Waals surface area contributed by atoms with Crippen molar-refractivity contribution in [2.45, 2.75) is 24.8 Å². The van der Waals surface area contributed by atoms with Gasteiger partial charge in [-0.25, -0.2) is 13.1 Å². The van der Waals surface area contributed by atoms with E-state index in [0.29, 0.717) is 12.0 Å². The van der Waals surface area contributed by atoms with Crippen molar-refractivity contribution in [3.63, 3.8) is 0 Å². The minimum absolute atomic E-state index is 0.0846. The van der Waals surface area contributed by atoms with Gasteiger partial charge in [0.2, 0.25) is 10.0 Å². The summed E-state index contributed by atoms with van der Waals surface area (Å²) in [6.45, 7) is 1.88. The number of hydrogen-bond acceptors (Lipinski definition) is 4. The Morgan fingerprint density at radius 2 is 2.10 bits per heavy atom. The Labute approximate surface area is 123 Å². The second kappa shape index (κ2) is 6.19. The molecule has 0 radical (unpaired) electrons. The van der Waals surface area contributed by atoms with Crippen LogP contribution in [0, 0.1) is 0 Å². The van der Waals surface area contributed by atoms with Crippen molar-refractivity contribution < 1.29 is 13.2 Å². The molecule has 0 fully saturated rings. The van der Waals surface area contributed by atoms with Crippen molar-refractivity contribution in [1.82, 2.24) is 14.5 Å². The van der Waals surface area contributed by atoms with E-state index in [9.17, 15) is 13.2 Å². The van der Waals surface area contributed by atoms with Gasteiger partial charge < -0.3 is 0 Å². The van der Waals surface area contributed by atoms with Crippen LogP contribution < -0.4 is 4.72 Å². The molecule has 0 saturated carbocycles. The van der Waals surface area contributed by atoms with Crippen LogP contribution in [-0.2, 0) is 23.6 Å². The van der Waals surface area contributed by atoms with E-state index in [2.05, 4.69) is 9.82 Å². The normalized spacial score (nSPS) is 11.5. The molecule has 2 rings (SSSR count). The van der Waals surface area contributed by atoms with Crippen LogP contribution in [0.25, 0.3) is 0 Å². The third kappa shape index (κ3) is 3.56. The molecule has 0 unspecified atom stereocenters. The molecular formula is C14H17N3O3S. The summed E-state index contributed by atoms with van der Waals surface area (Å²) >= 11 is 0. The number of sulfonamides is 1. The Hall–Kier alpha value is -1.99. The lowest BCUT2D eigenvalue weighted by Gasteiger charge is -2.08. The predicted octanol–water partition coefficient (Wildman–Crippen LogP) is 1.49. The summed E-state index contributed by atoms with van der Waals surface area (Å²) in [5, 5.41) is 3.98. The van der Waals surface area contributed by atoms with E-state index >= 15 is 0 Å². The first-order valence-corrected chi connectivity index (χ1v) is 8.02. The van der Waals surface area contributed by atoms with Crippen LogP contribution in [0.3, 0.4) is 0 Å². The number of nitrogens with zero attached hydrogens (tertiary/aromatic N) is 2. The van der Waals surface area contributed by atoms with E-state index in [1.54, 1.807) is 43.0 Å². The van der Waals surface area contributed by atoms with Crippen LogP contribution in [-0.4, -0.2) is 24.0 Å². The van der Waals surface area contributed by atoms with Gasteiger partial charge in [-0.1, -0.05) is 19.1 Å². The first kappa shape index (κ1) is 15.4. The molecule has 0 bridgehead atoms. The summed E-state index contributed by atoms with van der Waals surface area (Å²) < 4.78 is 28.6. The summed E-state index contributed by atoms with van der Waals surface area (Å²) in [6.07, 6.45) is 1.94. The highest BCUT2D eigenvalue weighted by atomic mass is 32.2. The molecule has 0 atom stereocenters. The Morgan fingerprint density at radius 3 is 2.71 bits per heavy atom. The first-order valence-electron chi connectivity index (χ1n) is 6.54. The molecule has 0 aliphatic carbocycles. The number of nitrogens with one attached hydrogen (secondary N) is 1. The molecule has 0 saturated heterocycles. The molecule has 7 heteroatoms. The average molecular weight is 307 g/mol. The molecule has 1 N–H and O–H groups in total. The first-order chi connectivity index (χ1) is 9.94. The molecule has 0 spiro atoms. The number of aryl methyl sites for hydroxylation is 1. The Kier molecular flexibility index (Phi) is 4.54. The third-order valence-corrected chi connectivity index (χ3v) is 4.55. The molecule has 21 heavy (non-hydrogen) atoms. The van der Waals surface area contributed by atoms with Crippen LogP contribution >= 0.6 is 0 Å². The highest BCUT2D eigenvalue weighted by Gasteiger charge is 2.16. The van der Waals surface area contributed by atoms with Crippen LogP contribution in [0.15, 0.2) is 41.4 Å². The number of Topliss-reactive ketones (excluding diaryl/α,β-unsaturated/α-hetero) is 1. The molecule has 1 heterocycles. The Bertz CT molecular complexity index is 750. The summed E-state index contributed by atoms with van der Waals surface area (Å²) in [6, 6.07) is 7.79. The van der Waals surface area contributed by atoms with Crippen LogP contribution in [0.5, 0.6) is 0 Å². The number of benzene rings is 1. The van der Waals surface area contributed by atoms with Gasteiger partial charge in [0.05, 0.1) is 17.1 Å². The van der Waals surface area contributed by atoms with Gasteiger partial charge in [0, 0.05) is 25.2 Å². The fourth-order valence-electron chi connectivity index (χ4n) is 1.87. The van der Waals surface area contributed by atoms with Crippen LogP contribution in [0.2, 0.25) is 0 Å². The summed E-state index contributed by atoms with van der Waals surface area (Å²) in [4.78, 5) is 11.7. The minimum atomic E-state index is -3.66. The molecule has 112 valence electrons. The summed E-state index contributed by atoms with van der Waals surface area (Å²) in [5.41, 5.74) is 1.15. The standard InChI is InChI=1S/C14H17N3O3S/c1-3-14(18)11-5-4-6-13(9-11)21(19,20)16-10-12-7-8-15-17(12)2/h4-9,16H,3,10H2,1-2H3. The van der Waals surface area contributed by atoms with Gasteiger partial charge in [0.15, 0.2) is 5.78 Å². The van der Waals surface area contributed by atoms with E-state index in [0.717, 1.165) is 5.69 Å². The van der Waals surface area contributed by atoms with Gasteiger partial charge in [-0.15, -0.1) is 0 Å². The monoisotopic (exact) mass is 307 g/mol. The number of aromatic nitrogens is 2. The number of carbonyl (C=O) groups is 1. The van der Waals surface area contributed by atoms with Crippen molar-refractivity contribution in [2.75, 3.05) is 0 Å². The van der Waals surface area contributed by atoms with Crippen LogP contribution in [0.4, 0.5) is 0 Å². The Morgan fingerprint density at radius 1 is 1.33 bits per heavy atom. The van der Waals surface area contributed by atoms with E-state index < -0.39 is 10.0 Å². The van der Waals surface area contributed by atoms with E-state index in [-0.39, 0.29) is 17.2 Å². The third-order valence-electron chi connectivity index (χ3n) is 3.15. The highest BCUT2D eigenvalue weighted by molar-refractivity contribution is 7.89. The SMILES string of the molecule is CCC(=O)c1cccc(S(=O)(=O)NCc2ccnn2C)c1. The quantitative estimate of drug-likeness (QED) is 0.820. The maximum absolute atomic E-state index is 12.2. The number of rotatable bonds is 6. The molecule has 0 amide bonds. The lowest BCUT2D eigenvalue weighted by Crippen LogP contribution is -2.24. The maximum Gasteiger partial charge on any atom is 0.240 e. The summed E-state index contributed by atoms with van der Waals surface area (Å²) in [7, 11) is -1.92. The number of ketones is 1. The zero-order valence-electron chi connectivity index (χ0n) is 11.9. The number of carbonyl (C=O) groups excluding carboxylic acids is 1. The van der Waals surface area contributed by atoms with Crippen LogP contribution in [0.1, 0.15) is 29.4 Å². The van der Waals surface area contributed by atoms with E-state index in [1.165, 1.54) is 12.1 Å². The topological polar surface area (TPSA) is 81.1 Å². The molecular weight excluding hydrogens is 290 g/mol. The fourth-order valence-corrected chi connectivity index (χ4v) is 2.91. The van der Waals surface area contributed by atoms with E-state index in [4.69, 9.17) is 0 Å². The second-order valence-electron chi connectivity index (χ2n) is 4.58. The molecule has 2 aromatic rings. The average Bonchev–Trinajstić information content (AvgIpc) is 2.90. The molecule has 1 aromatic heterocycles. The van der Waals surface area contributed by atoms with E-state index in [1.807, 2.05) is 0 Å². The lowest BCUT2D eigenvalue weighted by molar-refractivity contribution is 0.0988. The largest absolute Gasteiger partial charge is 0.294 e. The molecule has 6 nitrogen and oxygen atoms in total. The highest BCUT2D eigenvalue weighted by Crippen LogP contribution is 2.13. The van der Waals surface area contributed by atoms with Crippen molar-refractivity contribution >= 4 is 15.8 Å².